The fourth-order valence-corrected chi connectivity index (χ4v) is 1.69. The second-order valence-electron chi connectivity index (χ2n) is 4.12. The van der Waals surface area contributed by atoms with Crippen molar-refractivity contribution in [2.45, 2.75) is 6.54 Å². The number of carbonyl (C=O) groups excluding carboxylic acids is 1. The Morgan fingerprint density at radius 2 is 2.00 bits per heavy atom. The predicted molar refractivity (Wildman–Crippen MR) is 75.8 cm³/mol. The molecule has 0 radical (unpaired) electrons. The zero-order chi connectivity index (χ0) is 15.2. The number of anilines is 1. The molecule has 0 bridgehead atoms. The van der Waals surface area contributed by atoms with Crippen molar-refractivity contribution in [3.05, 3.63) is 57.8 Å². The number of benzene rings is 1. The summed E-state index contributed by atoms with van der Waals surface area (Å²) in [7, 11) is 1.69. The molecule has 0 spiro atoms. The maximum absolute atomic E-state index is 11.9. The lowest BCUT2D eigenvalue weighted by Crippen LogP contribution is -2.24. The van der Waals surface area contributed by atoms with E-state index in [4.69, 9.17) is 0 Å². The van der Waals surface area contributed by atoms with E-state index >= 15 is 0 Å². The van der Waals surface area contributed by atoms with E-state index in [1.54, 1.807) is 31.3 Å². The summed E-state index contributed by atoms with van der Waals surface area (Å²) in [6, 6.07) is 9.37. The highest BCUT2D eigenvalue weighted by atomic mass is 16.6. The third kappa shape index (κ3) is 3.50. The standard InChI is InChI=1S/C13H13N5O3/c1-14-12-7-6-10(16-17-12)13(19)15-8-9-4-2-3-5-11(9)18(20)21/h2-7H,8H2,1H3,(H,14,17)(H,15,19). The van der Waals surface area contributed by atoms with Crippen molar-refractivity contribution in [3.8, 4) is 0 Å². The van der Waals surface area contributed by atoms with Gasteiger partial charge < -0.3 is 10.6 Å². The van der Waals surface area contributed by atoms with E-state index < -0.39 is 10.8 Å². The number of aromatic nitrogens is 2. The van der Waals surface area contributed by atoms with Gasteiger partial charge in [0.25, 0.3) is 11.6 Å². The van der Waals surface area contributed by atoms with Crippen molar-refractivity contribution < 1.29 is 9.72 Å². The summed E-state index contributed by atoms with van der Waals surface area (Å²) in [6.07, 6.45) is 0. The molecule has 8 heteroatoms. The lowest BCUT2D eigenvalue weighted by Gasteiger charge is -2.05. The molecule has 1 aromatic heterocycles. The summed E-state index contributed by atoms with van der Waals surface area (Å²) in [5.74, 6) is 0.105. The molecule has 0 fully saturated rings. The molecule has 0 atom stereocenters. The predicted octanol–water partition coefficient (Wildman–Crippen LogP) is 1.36. The smallest absolute Gasteiger partial charge is 0.274 e. The highest BCUT2D eigenvalue weighted by Gasteiger charge is 2.14. The van der Waals surface area contributed by atoms with Gasteiger partial charge in [-0.15, -0.1) is 10.2 Å². The summed E-state index contributed by atoms with van der Waals surface area (Å²) in [4.78, 5) is 22.3. The summed E-state index contributed by atoms with van der Waals surface area (Å²) < 4.78 is 0. The minimum Gasteiger partial charge on any atom is -0.372 e. The minimum atomic E-state index is -0.483. The number of hydrogen-bond donors (Lipinski definition) is 2. The van der Waals surface area contributed by atoms with Crippen LogP contribution in [0.15, 0.2) is 36.4 Å². The summed E-state index contributed by atoms with van der Waals surface area (Å²) in [5.41, 5.74) is 0.539. The van der Waals surface area contributed by atoms with Gasteiger partial charge >= 0.3 is 0 Å². The Hall–Kier alpha value is -3.03. The van der Waals surface area contributed by atoms with Gasteiger partial charge in [0.2, 0.25) is 0 Å². The fraction of sp³-hybridized carbons (Fsp3) is 0.154. The van der Waals surface area contributed by atoms with Gasteiger partial charge in [0.1, 0.15) is 5.82 Å². The summed E-state index contributed by atoms with van der Waals surface area (Å²) in [6.45, 7) is 0.0471. The van der Waals surface area contributed by atoms with E-state index in [0.717, 1.165) is 0 Å². The number of carbonyl (C=O) groups is 1. The molecule has 0 saturated heterocycles. The first-order chi connectivity index (χ1) is 10.1. The van der Waals surface area contributed by atoms with Crippen molar-refractivity contribution in [1.82, 2.24) is 15.5 Å². The highest BCUT2D eigenvalue weighted by Crippen LogP contribution is 2.17. The number of para-hydroxylation sites is 1. The quantitative estimate of drug-likeness (QED) is 0.634. The second kappa shape index (κ2) is 6.42. The Kier molecular flexibility index (Phi) is 4.39. The zero-order valence-corrected chi connectivity index (χ0v) is 11.2. The van der Waals surface area contributed by atoms with Gasteiger partial charge in [0.05, 0.1) is 4.92 Å². The first kappa shape index (κ1) is 14.4. The molecule has 2 aromatic rings. The van der Waals surface area contributed by atoms with Crippen LogP contribution in [0.3, 0.4) is 0 Å². The molecule has 21 heavy (non-hydrogen) atoms. The molecule has 0 aliphatic carbocycles. The van der Waals surface area contributed by atoms with Crippen molar-refractivity contribution in [2.75, 3.05) is 12.4 Å². The first-order valence-corrected chi connectivity index (χ1v) is 6.14. The third-order valence-corrected chi connectivity index (χ3v) is 2.78. The van der Waals surface area contributed by atoms with Crippen molar-refractivity contribution in [3.63, 3.8) is 0 Å². The zero-order valence-electron chi connectivity index (χ0n) is 11.2. The van der Waals surface area contributed by atoms with E-state index in [2.05, 4.69) is 20.8 Å². The number of nitro benzene ring substituents is 1. The lowest BCUT2D eigenvalue weighted by molar-refractivity contribution is -0.385. The molecule has 2 rings (SSSR count). The van der Waals surface area contributed by atoms with Gasteiger partial charge in [0.15, 0.2) is 5.69 Å². The molecule has 0 unspecified atom stereocenters. The molecule has 1 amide bonds. The summed E-state index contributed by atoms with van der Waals surface area (Å²) >= 11 is 0. The van der Waals surface area contributed by atoms with Gasteiger partial charge in [-0.05, 0) is 12.1 Å². The molecule has 0 aliphatic heterocycles. The average molecular weight is 287 g/mol. The van der Waals surface area contributed by atoms with Gasteiger partial charge in [-0.2, -0.15) is 0 Å². The van der Waals surface area contributed by atoms with Crippen LogP contribution in [-0.2, 0) is 6.54 Å². The Morgan fingerprint density at radius 1 is 1.24 bits per heavy atom. The van der Waals surface area contributed by atoms with E-state index in [9.17, 15) is 14.9 Å². The van der Waals surface area contributed by atoms with Crippen LogP contribution in [0.5, 0.6) is 0 Å². The highest BCUT2D eigenvalue weighted by molar-refractivity contribution is 5.92. The molecule has 8 nitrogen and oxygen atoms in total. The fourth-order valence-electron chi connectivity index (χ4n) is 1.69. The van der Waals surface area contributed by atoms with Gasteiger partial charge in [-0.3, -0.25) is 14.9 Å². The number of hydrogen-bond acceptors (Lipinski definition) is 6. The van der Waals surface area contributed by atoms with Crippen molar-refractivity contribution >= 4 is 17.4 Å². The first-order valence-electron chi connectivity index (χ1n) is 6.14. The Bertz CT molecular complexity index is 657. The van der Waals surface area contributed by atoms with Crippen molar-refractivity contribution in [2.24, 2.45) is 0 Å². The van der Waals surface area contributed by atoms with Crippen molar-refractivity contribution in [1.29, 1.82) is 0 Å². The molecule has 108 valence electrons. The molecular formula is C13H13N5O3. The molecular weight excluding hydrogens is 274 g/mol. The Balaban J connectivity index is 2.05. The molecule has 2 N–H and O–H groups in total. The monoisotopic (exact) mass is 287 g/mol. The van der Waals surface area contributed by atoms with Crippen LogP contribution in [0, 0.1) is 10.1 Å². The van der Waals surface area contributed by atoms with E-state index in [-0.39, 0.29) is 17.9 Å². The number of nitro groups is 1. The SMILES string of the molecule is CNc1ccc(C(=O)NCc2ccccc2[N+](=O)[O-])nn1. The van der Waals surface area contributed by atoms with Crippen LogP contribution in [0.1, 0.15) is 16.1 Å². The molecule has 1 aromatic carbocycles. The summed E-state index contributed by atoms with van der Waals surface area (Å²) in [5, 5.41) is 23.8. The minimum absolute atomic E-state index is 0.0329. The maximum atomic E-state index is 11.9. The van der Waals surface area contributed by atoms with Crippen LogP contribution in [0.4, 0.5) is 11.5 Å². The van der Waals surface area contributed by atoms with E-state index in [0.29, 0.717) is 11.4 Å². The van der Waals surface area contributed by atoms with Crippen LogP contribution >= 0.6 is 0 Å². The van der Waals surface area contributed by atoms with Gasteiger partial charge in [-0.25, -0.2) is 0 Å². The average Bonchev–Trinajstić information content (AvgIpc) is 2.52. The van der Waals surface area contributed by atoms with Crippen LogP contribution in [0.2, 0.25) is 0 Å². The van der Waals surface area contributed by atoms with E-state index in [1.165, 1.54) is 12.1 Å². The Labute approximate surface area is 120 Å². The number of rotatable bonds is 5. The van der Waals surface area contributed by atoms with Crippen LogP contribution < -0.4 is 10.6 Å². The van der Waals surface area contributed by atoms with E-state index in [1.807, 2.05) is 0 Å². The van der Waals surface area contributed by atoms with Crippen LogP contribution in [0.25, 0.3) is 0 Å². The number of nitrogens with zero attached hydrogens (tertiary/aromatic N) is 3. The molecule has 0 saturated carbocycles. The normalized spacial score (nSPS) is 9.95. The lowest BCUT2D eigenvalue weighted by atomic mass is 10.2. The molecule has 0 aliphatic rings. The second-order valence-corrected chi connectivity index (χ2v) is 4.12. The third-order valence-electron chi connectivity index (χ3n) is 2.78. The number of nitrogens with one attached hydrogen (secondary N) is 2. The number of amides is 1. The van der Waals surface area contributed by atoms with Gasteiger partial charge in [-0.1, -0.05) is 18.2 Å². The maximum Gasteiger partial charge on any atom is 0.274 e. The largest absolute Gasteiger partial charge is 0.372 e. The molecule has 1 heterocycles. The topological polar surface area (TPSA) is 110 Å². The van der Waals surface area contributed by atoms with Gasteiger partial charge in [0, 0.05) is 25.2 Å². The Morgan fingerprint density at radius 3 is 2.62 bits per heavy atom. The van der Waals surface area contributed by atoms with Crippen LogP contribution in [-0.4, -0.2) is 28.1 Å².